The third-order valence-electron chi connectivity index (χ3n) is 2.30. The van der Waals surface area contributed by atoms with Gasteiger partial charge < -0.3 is 9.42 Å². The minimum Gasteiger partial charge on any atom is -0.440 e. The van der Waals surface area contributed by atoms with E-state index < -0.39 is 6.49 Å². The monoisotopic (exact) mass is 275 g/mol. The molecule has 5 heteroatoms. The molecule has 0 aliphatic heterocycles. The van der Waals surface area contributed by atoms with Crippen LogP contribution < -0.4 is 9.83 Å². The van der Waals surface area contributed by atoms with Gasteiger partial charge in [-0.2, -0.15) is 5.26 Å². The normalized spacial score (nSPS) is 13.3. The molecule has 18 heavy (non-hydrogen) atoms. The van der Waals surface area contributed by atoms with Crippen molar-refractivity contribution in [2.45, 2.75) is 0 Å². The second-order valence-corrected chi connectivity index (χ2v) is 6.81. The van der Waals surface area contributed by atoms with Crippen LogP contribution in [0.2, 0.25) is 0 Å². The van der Waals surface area contributed by atoms with Gasteiger partial charge in [-0.1, -0.05) is 18.2 Å². The average molecular weight is 275 g/mol. The summed E-state index contributed by atoms with van der Waals surface area (Å²) in [7, 11) is 0. The Bertz CT molecular complexity index is 620. The maximum Gasteiger partial charge on any atom is 0.266 e. The zero-order chi connectivity index (χ0) is 13.0. The van der Waals surface area contributed by atoms with Gasteiger partial charge in [-0.15, -0.1) is 0 Å². The third kappa shape index (κ3) is 2.96. The quantitative estimate of drug-likeness (QED) is 0.875. The summed E-state index contributed by atoms with van der Waals surface area (Å²) in [6.45, 7) is -3.04. The molecule has 0 bridgehead atoms. The van der Waals surface area contributed by atoms with E-state index in [-0.39, 0.29) is 0 Å². The van der Waals surface area contributed by atoms with Gasteiger partial charge in [-0.05, 0) is 48.2 Å². The van der Waals surface area contributed by atoms with E-state index in [1.807, 2.05) is 12.1 Å². The molecular weight excluding hydrogens is 265 g/mol. The van der Waals surface area contributed by atoms with E-state index in [1.54, 1.807) is 48.5 Å². The number of benzene rings is 2. The lowest BCUT2D eigenvalue weighted by Gasteiger charge is -2.17. The lowest BCUT2D eigenvalue weighted by atomic mass is 10.2. The van der Waals surface area contributed by atoms with Gasteiger partial charge in [0.1, 0.15) is 5.75 Å². The Balaban J connectivity index is 2.23. The summed E-state index contributed by atoms with van der Waals surface area (Å²) in [4.78, 5) is 10.2. The van der Waals surface area contributed by atoms with Crippen LogP contribution in [0, 0.1) is 11.3 Å². The SMILES string of the molecule is N#Cc1ccc(OP(O)(=S)c2ccccc2)cc1. The molecule has 0 radical (unpaired) electrons. The van der Waals surface area contributed by atoms with Gasteiger partial charge in [0.2, 0.25) is 0 Å². The van der Waals surface area contributed by atoms with Crippen molar-refractivity contribution < 1.29 is 9.42 Å². The molecule has 1 N–H and O–H groups in total. The summed E-state index contributed by atoms with van der Waals surface area (Å²) in [5.74, 6) is 0.462. The number of hydrogen-bond donors (Lipinski definition) is 1. The average Bonchev–Trinajstić information content (AvgIpc) is 2.40. The Hall–Kier alpha value is -1.66. The smallest absolute Gasteiger partial charge is 0.266 e. The highest BCUT2D eigenvalue weighted by molar-refractivity contribution is 8.13. The first kappa shape index (κ1) is 12.8. The fourth-order valence-electron chi connectivity index (χ4n) is 1.40. The number of hydrogen-bond acceptors (Lipinski definition) is 3. The number of nitriles is 1. The van der Waals surface area contributed by atoms with Crippen LogP contribution >= 0.6 is 6.49 Å². The number of rotatable bonds is 3. The highest BCUT2D eigenvalue weighted by Crippen LogP contribution is 2.41. The van der Waals surface area contributed by atoms with Crippen LogP contribution in [-0.2, 0) is 11.8 Å². The van der Waals surface area contributed by atoms with Gasteiger partial charge in [0.05, 0.1) is 11.6 Å². The molecule has 2 aromatic carbocycles. The predicted octanol–water partition coefficient (Wildman–Crippen LogP) is 2.56. The molecule has 0 saturated heterocycles. The van der Waals surface area contributed by atoms with Gasteiger partial charge in [-0.3, -0.25) is 0 Å². The van der Waals surface area contributed by atoms with Crippen molar-refractivity contribution in [3.63, 3.8) is 0 Å². The largest absolute Gasteiger partial charge is 0.440 e. The lowest BCUT2D eigenvalue weighted by molar-refractivity contribution is 0.496. The van der Waals surface area contributed by atoms with Crippen molar-refractivity contribution in [2.24, 2.45) is 0 Å². The molecule has 90 valence electrons. The van der Waals surface area contributed by atoms with E-state index >= 15 is 0 Å². The first-order valence-corrected chi connectivity index (χ1v) is 7.87. The van der Waals surface area contributed by atoms with Gasteiger partial charge in [0, 0.05) is 5.30 Å². The van der Waals surface area contributed by atoms with Crippen molar-refractivity contribution in [1.82, 2.24) is 0 Å². The van der Waals surface area contributed by atoms with Crippen LogP contribution in [-0.4, -0.2) is 4.89 Å². The van der Waals surface area contributed by atoms with Gasteiger partial charge in [0.25, 0.3) is 6.49 Å². The minimum atomic E-state index is -3.04. The second-order valence-electron chi connectivity index (χ2n) is 3.58. The van der Waals surface area contributed by atoms with E-state index in [4.69, 9.17) is 21.6 Å². The maximum absolute atomic E-state index is 10.2. The standard InChI is InChI=1S/C13H10NO2PS/c14-10-11-6-8-12(9-7-11)16-17(15,18)13-4-2-1-3-5-13/h1-9H,(H,15,18). The van der Waals surface area contributed by atoms with E-state index in [0.29, 0.717) is 16.6 Å². The molecule has 3 nitrogen and oxygen atoms in total. The summed E-state index contributed by atoms with van der Waals surface area (Å²) in [5.41, 5.74) is 0.535. The first-order chi connectivity index (χ1) is 8.62. The molecule has 0 aliphatic rings. The van der Waals surface area contributed by atoms with Crippen LogP contribution in [0.1, 0.15) is 5.56 Å². The van der Waals surface area contributed by atoms with Crippen molar-refractivity contribution >= 4 is 23.6 Å². The van der Waals surface area contributed by atoms with E-state index in [1.165, 1.54) is 0 Å². The summed E-state index contributed by atoms with van der Waals surface area (Å²) >= 11 is 5.13. The van der Waals surface area contributed by atoms with Crippen molar-refractivity contribution in [2.75, 3.05) is 0 Å². The fraction of sp³-hybridized carbons (Fsp3) is 0. The van der Waals surface area contributed by atoms with Crippen molar-refractivity contribution in [3.8, 4) is 11.8 Å². The summed E-state index contributed by atoms with van der Waals surface area (Å²) in [5, 5.41) is 9.29. The second kappa shape index (κ2) is 5.32. The Morgan fingerprint density at radius 1 is 1.06 bits per heavy atom. The highest BCUT2D eigenvalue weighted by atomic mass is 32.5. The van der Waals surface area contributed by atoms with Crippen LogP contribution in [0.4, 0.5) is 0 Å². The molecule has 0 aromatic heterocycles. The first-order valence-electron chi connectivity index (χ1n) is 5.20. The summed E-state index contributed by atoms with van der Waals surface area (Å²) < 4.78 is 5.46. The Labute approximate surface area is 110 Å². The van der Waals surface area contributed by atoms with E-state index in [9.17, 15) is 4.89 Å². The fourth-order valence-corrected chi connectivity index (χ4v) is 3.09. The molecular formula is C13H10NO2PS. The third-order valence-corrected chi connectivity index (χ3v) is 4.56. The van der Waals surface area contributed by atoms with Crippen LogP contribution in [0.15, 0.2) is 54.6 Å². The molecule has 0 heterocycles. The zero-order valence-corrected chi connectivity index (χ0v) is 11.1. The molecule has 1 unspecified atom stereocenters. The molecule has 1 atom stereocenters. The maximum atomic E-state index is 10.2. The molecule has 0 fully saturated rings. The van der Waals surface area contributed by atoms with Crippen LogP contribution in [0.3, 0.4) is 0 Å². The van der Waals surface area contributed by atoms with Gasteiger partial charge in [0.15, 0.2) is 0 Å². The van der Waals surface area contributed by atoms with Gasteiger partial charge in [-0.25, -0.2) is 0 Å². The molecule has 2 aromatic rings. The topological polar surface area (TPSA) is 53.2 Å². The molecule has 0 aliphatic carbocycles. The Kier molecular flexibility index (Phi) is 3.78. The van der Waals surface area contributed by atoms with Crippen LogP contribution in [0.25, 0.3) is 0 Å². The Morgan fingerprint density at radius 2 is 1.67 bits per heavy atom. The predicted molar refractivity (Wildman–Crippen MR) is 74.4 cm³/mol. The van der Waals surface area contributed by atoms with Crippen LogP contribution in [0.5, 0.6) is 5.75 Å². The van der Waals surface area contributed by atoms with E-state index in [0.717, 1.165) is 0 Å². The summed E-state index contributed by atoms with van der Waals surface area (Å²) in [6.07, 6.45) is 0. The molecule has 0 spiro atoms. The number of nitrogens with zero attached hydrogens (tertiary/aromatic N) is 1. The van der Waals surface area contributed by atoms with E-state index in [2.05, 4.69) is 0 Å². The van der Waals surface area contributed by atoms with Crippen molar-refractivity contribution in [1.29, 1.82) is 5.26 Å². The molecule has 2 rings (SSSR count). The zero-order valence-electron chi connectivity index (χ0n) is 9.35. The van der Waals surface area contributed by atoms with Crippen molar-refractivity contribution in [3.05, 3.63) is 60.2 Å². The Morgan fingerprint density at radius 3 is 2.22 bits per heavy atom. The molecule has 0 saturated carbocycles. The summed E-state index contributed by atoms with van der Waals surface area (Å²) in [6, 6.07) is 17.4. The molecule has 0 amide bonds. The highest BCUT2D eigenvalue weighted by Gasteiger charge is 2.18. The minimum absolute atomic E-state index is 0.462. The lowest BCUT2D eigenvalue weighted by Crippen LogP contribution is -2.08. The van der Waals surface area contributed by atoms with Gasteiger partial charge >= 0.3 is 0 Å².